The molecule has 3 aromatic rings. The lowest BCUT2D eigenvalue weighted by atomic mass is 10.1. The van der Waals surface area contributed by atoms with Crippen LogP contribution in [0.15, 0.2) is 36.4 Å². The van der Waals surface area contributed by atoms with E-state index < -0.39 is 16.6 Å². The highest BCUT2D eigenvalue weighted by Crippen LogP contribution is 2.35. The number of nitrogens with one attached hydrogen (secondary N) is 1. The number of amides is 1. The maximum Gasteiger partial charge on any atom is 0.270 e. The van der Waals surface area contributed by atoms with Crippen LogP contribution in [0.5, 0.6) is 5.75 Å². The molecule has 0 aliphatic rings. The molecule has 1 amide bonds. The number of benzene rings is 2. The normalized spacial score (nSPS) is 10.8. The van der Waals surface area contributed by atoms with E-state index in [4.69, 9.17) is 11.6 Å². The van der Waals surface area contributed by atoms with Crippen LogP contribution < -0.4 is 5.32 Å². The first-order valence-corrected chi connectivity index (χ1v) is 8.18. The van der Waals surface area contributed by atoms with Crippen molar-refractivity contribution in [3.63, 3.8) is 0 Å². The molecule has 2 aromatic carbocycles. The molecule has 0 bridgehead atoms. The predicted molar refractivity (Wildman–Crippen MR) is 92.7 cm³/mol. The van der Waals surface area contributed by atoms with Gasteiger partial charge in [0, 0.05) is 34.3 Å². The molecule has 6 nitrogen and oxygen atoms in total. The van der Waals surface area contributed by atoms with Gasteiger partial charge in [0.05, 0.1) is 9.95 Å². The molecule has 2 N–H and O–H groups in total. The second kappa shape index (κ2) is 6.66. The number of halogens is 2. The van der Waals surface area contributed by atoms with Crippen molar-refractivity contribution in [3.8, 4) is 5.75 Å². The molecule has 1 heterocycles. The molecule has 0 unspecified atom stereocenters. The van der Waals surface area contributed by atoms with E-state index in [1.54, 1.807) is 0 Å². The fourth-order valence-corrected chi connectivity index (χ4v) is 3.73. The van der Waals surface area contributed by atoms with Gasteiger partial charge in [-0.05, 0) is 24.3 Å². The molecular formula is C16H10ClFN2O4S. The van der Waals surface area contributed by atoms with Gasteiger partial charge in [-0.2, -0.15) is 0 Å². The Morgan fingerprint density at radius 1 is 1.32 bits per heavy atom. The third-order valence-corrected chi connectivity index (χ3v) is 5.17. The molecule has 0 saturated carbocycles. The number of hydrogen-bond donors (Lipinski definition) is 2. The minimum absolute atomic E-state index is 0.120. The van der Waals surface area contributed by atoms with E-state index in [0.29, 0.717) is 10.1 Å². The molecule has 0 spiro atoms. The van der Waals surface area contributed by atoms with E-state index in [0.717, 1.165) is 17.4 Å². The molecule has 0 saturated heterocycles. The van der Waals surface area contributed by atoms with Gasteiger partial charge >= 0.3 is 0 Å². The average molecular weight is 381 g/mol. The number of nitro benzene ring substituents is 1. The Balaban J connectivity index is 1.83. The van der Waals surface area contributed by atoms with Gasteiger partial charge in [0.25, 0.3) is 11.6 Å². The van der Waals surface area contributed by atoms with E-state index in [1.165, 1.54) is 30.3 Å². The Bertz CT molecular complexity index is 1010. The minimum Gasteiger partial charge on any atom is -0.508 e. The highest BCUT2D eigenvalue weighted by Gasteiger charge is 2.18. The van der Waals surface area contributed by atoms with Gasteiger partial charge in [0.1, 0.15) is 16.4 Å². The number of fused-ring (bicyclic) bond motifs is 1. The molecule has 0 fully saturated rings. The highest BCUT2D eigenvalue weighted by molar-refractivity contribution is 7.21. The van der Waals surface area contributed by atoms with Crippen LogP contribution in [0.4, 0.5) is 10.1 Å². The van der Waals surface area contributed by atoms with Crippen LogP contribution in [-0.2, 0) is 6.54 Å². The van der Waals surface area contributed by atoms with E-state index in [1.807, 2.05) is 0 Å². The maximum atomic E-state index is 13.3. The fraction of sp³-hybridized carbons (Fsp3) is 0.0625. The summed E-state index contributed by atoms with van der Waals surface area (Å²) in [4.78, 5) is 22.7. The fourth-order valence-electron chi connectivity index (χ4n) is 2.27. The summed E-state index contributed by atoms with van der Waals surface area (Å²) in [5.74, 6) is -1.12. The first-order valence-electron chi connectivity index (χ1n) is 6.99. The zero-order valence-electron chi connectivity index (χ0n) is 12.5. The molecule has 0 aliphatic heterocycles. The predicted octanol–water partition coefficient (Wildman–Crippen LogP) is 4.24. The summed E-state index contributed by atoms with van der Waals surface area (Å²) in [6, 6.07) is 7.57. The second-order valence-electron chi connectivity index (χ2n) is 5.14. The number of phenolic OH excluding ortho intramolecular Hbond substituents is 1. The van der Waals surface area contributed by atoms with Gasteiger partial charge in [-0.3, -0.25) is 14.9 Å². The number of carbonyl (C=O) groups excluding carboxylic acids is 1. The van der Waals surface area contributed by atoms with Gasteiger partial charge in [0.15, 0.2) is 0 Å². The molecule has 1 aromatic heterocycles. The van der Waals surface area contributed by atoms with Crippen molar-refractivity contribution in [2.24, 2.45) is 0 Å². The van der Waals surface area contributed by atoms with Crippen molar-refractivity contribution < 1.29 is 19.2 Å². The van der Waals surface area contributed by atoms with Crippen LogP contribution in [0, 0.1) is 15.9 Å². The quantitative estimate of drug-likeness (QED) is 0.523. The van der Waals surface area contributed by atoms with Crippen LogP contribution in [-0.4, -0.2) is 15.9 Å². The minimum atomic E-state index is -0.595. The molecule has 128 valence electrons. The van der Waals surface area contributed by atoms with Gasteiger partial charge in [-0.1, -0.05) is 11.6 Å². The van der Waals surface area contributed by atoms with E-state index in [9.17, 15) is 24.4 Å². The summed E-state index contributed by atoms with van der Waals surface area (Å²) in [6.45, 7) is -0.120. The van der Waals surface area contributed by atoms with Crippen LogP contribution in [0.2, 0.25) is 5.02 Å². The monoisotopic (exact) mass is 380 g/mol. The summed E-state index contributed by atoms with van der Waals surface area (Å²) < 4.78 is 13.8. The third-order valence-electron chi connectivity index (χ3n) is 3.51. The lowest BCUT2D eigenvalue weighted by molar-refractivity contribution is -0.384. The summed E-state index contributed by atoms with van der Waals surface area (Å²) in [7, 11) is 0. The number of phenols is 1. The SMILES string of the molecule is O=C(NCc1cc([N+](=O)[O-])ccc1O)c1sc2cc(F)ccc2c1Cl. The number of nitro groups is 1. The Morgan fingerprint density at radius 3 is 2.80 bits per heavy atom. The maximum absolute atomic E-state index is 13.3. The van der Waals surface area contributed by atoms with Crippen LogP contribution in [0.25, 0.3) is 10.1 Å². The number of thiophene rings is 1. The summed E-state index contributed by atoms with van der Waals surface area (Å²) in [6.07, 6.45) is 0. The van der Waals surface area contributed by atoms with Crippen LogP contribution in [0.1, 0.15) is 15.2 Å². The first kappa shape index (κ1) is 17.1. The Labute approximate surface area is 149 Å². The Morgan fingerprint density at radius 2 is 2.08 bits per heavy atom. The largest absolute Gasteiger partial charge is 0.508 e. The van der Waals surface area contributed by atoms with Gasteiger partial charge in [0.2, 0.25) is 0 Å². The summed E-state index contributed by atoms with van der Waals surface area (Å²) in [5, 5.41) is 23.9. The van der Waals surface area contributed by atoms with Gasteiger partial charge in [-0.25, -0.2) is 4.39 Å². The number of hydrogen-bond acceptors (Lipinski definition) is 5. The van der Waals surface area contributed by atoms with Crippen LogP contribution in [0.3, 0.4) is 0 Å². The standard InChI is InChI=1S/C16H10ClFN2O4S/c17-14-11-3-1-9(18)6-13(11)25-15(14)16(22)19-7-8-5-10(20(23)24)2-4-12(8)21/h1-6,21H,7H2,(H,19,22). The average Bonchev–Trinajstić information content (AvgIpc) is 2.89. The van der Waals surface area contributed by atoms with Gasteiger partial charge in [-0.15, -0.1) is 11.3 Å². The van der Waals surface area contributed by atoms with Crippen molar-refractivity contribution >= 4 is 44.6 Å². The topological polar surface area (TPSA) is 92.5 Å². The number of aromatic hydroxyl groups is 1. The molecule has 25 heavy (non-hydrogen) atoms. The Hall–Kier alpha value is -2.71. The van der Waals surface area contributed by atoms with E-state index >= 15 is 0 Å². The first-order chi connectivity index (χ1) is 11.9. The van der Waals surface area contributed by atoms with Crippen molar-refractivity contribution in [2.45, 2.75) is 6.54 Å². The second-order valence-corrected chi connectivity index (χ2v) is 6.57. The number of carbonyl (C=O) groups is 1. The Kier molecular flexibility index (Phi) is 4.56. The van der Waals surface area contributed by atoms with Crippen LogP contribution >= 0.6 is 22.9 Å². The number of non-ortho nitro benzene ring substituents is 1. The molecule has 0 radical (unpaired) electrons. The number of rotatable bonds is 4. The molecule has 0 aliphatic carbocycles. The smallest absolute Gasteiger partial charge is 0.270 e. The third kappa shape index (κ3) is 3.40. The van der Waals surface area contributed by atoms with E-state index in [-0.39, 0.29) is 33.4 Å². The molecule has 3 rings (SSSR count). The summed E-state index contributed by atoms with van der Waals surface area (Å²) in [5.41, 5.74) is 0.00301. The van der Waals surface area contributed by atoms with Gasteiger partial charge < -0.3 is 10.4 Å². The van der Waals surface area contributed by atoms with Crippen molar-refractivity contribution in [1.82, 2.24) is 5.32 Å². The highest BCUT2D eigenvalue weighted by atomic mass is 35.5. The van der Waals surface area contributed by atoms with Crippen molar-refractivity contribution in [2.75, 3.05) is 0 Å². The molecule has 0 atom stereocenters. The lowest BCUT2D eigenvalue weighted by Gasteiger charge is -2.06. The summed E-state index contributed by atoms with van der Waals surface area (Å²) >= 11 is 7.21. The molecular weight excluding hydrogens is 371 g/mol. The van der Waals surface area contributed by atoms with Crippen molar-refractivity contribution in [3.05, 3.63) is 67.8 Å². The van der Waals surface area contributed by atoms with E-state index in [2.05, 4.69) is 5.32 Å². The lowest BCUT2D eigenvalue weighted by Crippen LogP contribution is -2.22. The zero-order valence-corrected chi connectivity index (χ0v) is 14.0. The van der Waals surface area contributed by atoms with Crippen molar-refractivity contribution in [1.29, 1.82) is 0 Å². The molecule has 9 heteroatoms. The zero-order chi connectivity index (χ0) is 18.1. The number of nitrogens with zero attached hydrogens (tertiary/aromatic N) is 1.